The van der Waals surface area contributed by atoms with Crippen LogP contribution in [0.5, 0.6) is 0 Å². The number of anilines is 1. The number of rotatable bonds is 4. The van der Waals surface area contributed by atoms with E-state index in [1.54, 1.807) is 13.0 Å². The number of thiazole rings is 1. The third kappa shape index (κ3) is 3.62. The molecule has 1 aromatic carbocycles. The molecule has 1 heterocycles. The average molecular weight is 276 g/mol. The summed E-state index contributed by atoms with van der Waals surface area (Å²) in [6.45, 7) is 1.38. The second-order valence-electron chi connectivity index (χ2n) is 3.64. The molecule has 1 aromatic heterocycles. The van der Waals surface area contributed by atoms with E-state index in [2.05, 4.69) is 10.3 Å². The second-order valence-corrected chi connectivity index (χ2v) is 4.67. The minimum absolute atomic E-state index is 0.320. The van der Waals surface area contributed by atoms with E-state index in [1.807, 2.05) is 24.3 Å². The molecule has 6 heteroatoms. The zero-order valence-corrected chi connectivity index (χ0v) is 11.1. The Balaban J connectivity index is 1.93. The van der Waals surface area contributed by atoms with Crippen molar-refractivity contribution in [2.75, 3.05) is 11.9 Å². The molecule has 0 fully saturated rings. The molecule has 0 saturated carbocycles. The van der Waals surface area contributed by atoms with Crippen LogP contribution in [0.15, 0.2) is 36.4 Å². The van der Waals surface area contributed by atoms with Gasteiger partial charge in [-0.1, -0.05) is 29.5 Å². The number of hydrogen-bond donors (Lipinski definition) is 1. The highest BCUT2D eigenvalue weighted by atomic mass is 32.1. The largest absolute Gasteiger partial charge is 0.452 e. The standard InChI is InChI=1S/C13H12N2O3S/c1-2-5-12(17)18-8-11(16)15-13-14-9-6-3-4-7-10(9)19-13/h2-7H,8H2,1H3,(H,14,15,16)/b5-2+. The van der Waals surface area contributed by atoms with Crippen LogP contribution < -0.4 is 5.32 Å². The van der Waals surface area contributed by atoms with Crippen LogP contribution in [-0.2, 0) is 14.3 Å². The third-order valence-corrected chi connectivity index (χ3v) is 3.14. The van der Waals surface area contributed by atoms with Gasteiger partial charge in [0.15, 0.2) is 11.7 Å². The van der Waals surface area contributed by atoms with E-state index < -0.39 is 11.9 Å². The van der Waals surface area contributed by atoms with E-state index >= 15 is 0 Å². The number of amides is 1. The van der Waals surface area contributed by atoms with E-state index in [9.17, 15) is 9.59 Å². The van der Waals surface area contributed by atoms with Crippen molar-refractivity contribution in [2.24, 2.45) is 0 Å². The van der Waals surface area contributed by atoms with E-state index in [1.165, 1.54) is 17.4 Å². The summed E-state index contributed by atoms with van der Waals surface area (Å²) in [5, 5.41) is 3.09. The number of ether oxygens (including phenoxy) is 1. The van der Waals surface area contributed by atoms with Crippen molar-refractivity contribution in [1.82, 2.24) is 4.98 Å². The van der Waals surface area contributed by atoms with Crippen molar-refractivity contribution >= 4 is 38.6 Å². The summed E-state index contributed by atoms with van der Waals surface area (Å²) in [7, 11) is 0. The number of para-hydroxylation sites is 1. The molecule has 0 unspecified atom stereocenters. The highest BCUT2D eigenvalue weighted by Crippen LogP contribution is 2.25. The maximum absolute atomic E-state index is 11.6. The smallest absolute Gasteiger partial charge is 0.330 e. The van der Waals surface area contributed by atoms with Crippen LogP contribution in [0.1, 0.15) is 6.92 Å². The van der Waals surface area contributed by atoms with Gasteiger partial charge in [-0.2, -0.15) is 0 Å². The monoisotopic (exact) mass is 276 g/mol. The van der Waals surface area contributed by atoms with Crippen LogP contribution in [0.2, 0.25) is 0 Å². The van der Waals surface area contributed by atoms with Crippen molar-refractivity contribution in [3.63, 3.8) is 0 Å². The summed E-state index contributed by atoms with van der Waals surface area (Å²) in [5.41, 5.74) is 0.828. The summed E-state index contributed by atoms with van der Waals surface area (Å²) in [6, 6.07) is 7.58. The van der Waals surface area contributed by atoms with Gasteiger partial charge in [0.2, 0.25) is 0 Å². The first-order valence-electron chi connectivity index (χ1n) is 5.64. The molecule has 1 amide bonds. The van der Waals surface area contributed by atoms with Crippen molar-refractivity contribution in [1.29, 1.82) is 0 Å². The lowest BCUT2D eigenvalue weighted by atomic mass is 10.3. The van der Waals surface area contributed by atoms with Gasteiger partial charge >= 0.3 is 5.97 Å². The zero-order valence-electron chi connectivity index (χ0n) is 10.3. The number of aromatic nitrogens is 1. The van der Waals surface area contributed by atoms with Gasteiger partial charge in [-0.3, -0.25) is 10.1 Å². The third-order valence-electron chi connectivity index (χ3n) is 2.19. The SMILES string of the molecule is C/C=C/C(=O)OCC(=O)Nc1nc2ccccc2s1. The Bertz CT molecular complexity index is 601. The number of allylic oxidation sites excluding steroid dienone is 1. The van der Waals surface area contributed by atoms with E-state index in [-0.39, 0.29) is 6.61 Å². The first kappa shape index (κ1) is 13.2. The Hall–Kier alpha value is -2.21. The van der Waals surface area contributed by atoms with Gasteiger partial charge in [-0.15, -0.1) is 0 Å². The van der Waals surface area contributed by atoms with Gasteiger partial charge in [0.25, 0.3) is 5.91 Å². The topological polar surface area (TPSA) is 68.3 Å². The molecule has 98 valence electrons. The van der Waals surface area contributed by atoms with Gasteiger partial charge in [0.05, 0.1) is 10.2 Å². The van der Waals surface area contributed by atoms with Crippen molar-refractivity contribution < 1.29 is 14.3 Å². The van der Waals surface area contributed by atoms with Crippen LogP contribution in [0.25, 0.3) is 10.2 Å². The summed E-state index contributed by atoms with van der Waals surface area (Å²) in [5.74, 6) is -0.946. The van der Waals surface area contributed by atoms with Gasteiger partial charge in [-0.25, -0.2) is 9.78 Å². The van der Waals surface area contributed by atoms with Gasteiger partial charge < -0.3 is 4.74 Å². The maximum atomic E-state index is 11.6. The number of nitrogens with zero attached hydrogens (tertiary/aromatic N) is 1. The molecule has 0 radical (unpaired) electrons. The van der Waals surface area contributed by atoms with Crippen molar-refractivity contribution in [3.05, 3.63) is 36.4 Å². The normalized spacial score (nSPS) is 10.8. The summed E-state index contributed by atoms with van der Waals surface area (Å²) in [6.07, 6.45) is 2.80. The predicted octanol–water partition coefficient (Wildman–Crippen LogP) is 2.35. The van der Waals surface area contributed by atoms with E-state index in [0.29, 0.717) is 5.13 Å². The van der Waals surface area contributed by atoms with Gasteiger partial charge in [0.1, 0.15) is 0 Å². The molecule has 0 bridgehead atoms. The minimum atomic E-state index is -0.540. The summed E-state index contributed by atoms with van der Waals surface area (Å²) in [4.78, 5) is 26.8. The van der Waals surface area contributed by atoms with Crippen molar-refractivity contribution in [3.8, 4) is 0 Å². The molecular weight excluding hydrogens is 264 g/mol. The lowest BCUT2D eigenvalue weighted by Gasteiger charge is -2.01. The quantitative estimate of drug-likeness (QED) is 0.687. The molecular formula is C13H12N2O3S. The maximum Gasteiger partial charge on any atom is 0.330 e. The van der Waals surface area contributed by atoms with Crippen LogP contribution in [0.4, 0.5) is 5.13 Å². The first-order valence-corrected chi connectivity index (χ1v) is 6.45. The lowest BCUT2D eigenvalue weighted by molar-refractivity contribution is -0.142. The molecule has 2 aromatic rings. The van der Waals surface area contributed by atoms with Crippen LogP contribution in [0, 0.1) is 0 Å². The predicted molar refractivity (Wildman–Crippen MR) is 74.0 cm³/mol. The Morgan fingerprint density at radius 1 is 1.42 bits per heavy atom. The Morgan fingerprint density at radius 2 is 2.21 bits per heavy atom. The average Bonchev–Trinajstić information content (AvgIpc) is 2.78. The molecule has 2 rings (SSSR count). The number of carbonyl (C=O) groups is 2. The molecule has 1 N–H and O–H groups in total. The van der Waals surface area contributed by atoms with E-state index in [4.69, 9.17) is 4.74 Å². The molecule has 19 heavy (non-hydrogen) atoms. The molecule has 0 atom stereocenters. The summed E-state index contributed by atoms with van der Waals surface area (Å²) < 4.78 is 5.72. The number of fused-ring (bicyclic) bond motifs is 1. The van der Waals surface area contributed by atoms with Crippen LogP contribution >= 0.6 is 11.3 Å². The number of benzene rings is 1. The van der Waals surface area contributed by atoms with Gasteiger partial charge in [0, 0.05) is 6.08 Å². The fourth-order valence-corrected chi connectivity index (χ4v) is 2.28. The molecule has 0 aliphatic rings. The number of hydrogen-bond acceptors (Lipinski definition) is 5. The first-order chi connectivity index (χ1) is 9.19. The molecule has 0 saturated heterocycles. The Labute approximate surface area is 113 Å². The fraction of sp³-hybridized carbons (Fsp3) is 0.154. The highest BCUT2D eigenvalue weighted by Gasteiger charge is 2.09. The van der Waals surface area contributed by atoms with Crippen molar-refractivity contribution in [2.45, 2.75) is 6.92 Å². The molecule has 0 aliphatic heterocycles. The number of nitrogens with one attached hydrogen (secondary N) is 1. The second kappa shape index (κ2) is 6.10. The number of carbonyl (C=O) groups excluding carboxylic acids is 2. The van der Waals surface area contributed by atoms with Crippen LogP contribution in [0.3, 0.4) is 0 Å². The van der Waals surface area contributed by atoms with E-state index in [0.717, 1.165) is 10.2 Å². The fourth-order valence-electron chi connectivity index (χ4n) is 1.40. The zero-order chi connectivity index (χ0) is 13.7. The Morgan fingerprint density at radius 3 is 2.95 bits per heavy atom. The molecule has 0 aliphatic carbocycles. The summed E-state index contributed by atoms with van der Waals surface area (Å²) >= 11 is 1.37. The molecule has 5 nitrogen and oxygen atoms in total. The number of esters is 1. The highest BCUT2D eigenvalue weighted by molar-refractivity contribution is 7.22. The Kier molecular flexibility index (Phi) is 4.25. The lowest BCUT2D eigenvalue weighted by Crippen LogP contribution is -2.19. The van der Waals surface area contributed by atoms with Crippen LogP contribution in [-0.4, -0.2) is 23.5 Å². The minimum Gasteiger partial charge on any atom is -0.452 e. The van der Waals surface area contributed by atoms with Gasteiger partial charge in [-0.05, 0) is 19.1 Å². The molecule has 0 spiro atoms.